The standard InChI is InChI=1S/C15H20N4O2.ClH/c1-21-11-14(16)15(20)17-9-12-5-2-3-6-13(12)10-19-8-4-7-18-19;/h2-8,14H,9-11,16H2,1H3,(H,17,20);1H. The molecule has 0 fully saturated rings. The summed E-state index contributed by atoms with van der Waals surface area (Å²) in [4.78, 5) is 11.8. The Morgan fingerprint density at radius 3 is 2.73 bits per heavy atom. The highest BCUT2D eigenvalue weighted by Gasteiger charge is 2.13. The monoisotopic (exact) mass is 324 g/mol. The van der Waals surface area contributed by atoms with Crippen molar-refractivity contribution < 1.29 is 9.53 Å². The molecule has 0 spiro atoms. The third-order valence-corrected chi connectivity index (χ3v) is 3.15. The fourth-order valence-electron chi connectivity index (χ4n) is 2.02. The number of amides is 1. The van der Waals surface area contributed by atoms with Gasteiger partial charge in [-0.1, -0.05) is 24.3 Å². The number of nitrogens with one attached hydrogen (secondary N) is 1. The number of nitrogens with two attached hydrogens (primary N) is 1. The molecule has 6 nitrogen and oxygen atoms in total. The van der Waals surface area contributed by atoms with E-state index in [9.17, 15) is 4.79 Å². The fraction of sp³-hybridized carbons (Fsp3) is 0.333. The van der Waals surface area contributed by atoms with Crippen molar-refractivity contribution in [1.82, 2.24) is 15.1 Å². The number of carbonyl (C=O) groups is 1. The number of hydrogen-bond donors (Lipinski definition) is 2. The van der Waals surface area contributed by atoms with Gasteiger partial charge in [0.1, 0.15) is 6.04 Å². The highest BCUT2D eigenvalue weighted by molar-refractivity contribution is 5.85. The second kappa shape index (κ2) is 9.19. The van der Waals surface area contributed by atoms with Gasteiger partial charge in [-0.05, 0) is 17.2 Å². The minimum atomic E-state index is -0.645. The highest BCUT2D eigenvalue weighted by Crippen LogP contribution is 2.10. The molecule has 0 aliphatic heterocycles. The summed E-state index contributed by atoms with van der Waals surface area (Å²) in [5.41, 5.74) is 7.85. The predicted octanol–water partition coefficient (Wildman–Crippen LogP) is 0.943. The van der Waals surface area contributed by atoms with Crippen molar-refractivity contribution in [3.05, 3.63) is 53.9 Å². The van der Waals surface area contributed by atoms with Crippen molar-refractivity contribution in [3.63, 3.8) is 0 Å². The fourth-order valence-corrected chi connectivity index (χ4v) is 2.02. The average Bonchev–Trinajstić information content (AvgIpc) is 2.99. The van der Waals surface area contributed by atoms with Crippen LogP contribution in [0.4, 0.5) is 0 Å². The second-order valence-corrected chi connectivity index (χ2v) is 4.75. The molecule has 2 aromatic rings. The minimum Gasteiger partial charge on any atom is -0.383 e. The molecule has 1 amide bonds. The zero-order valence-electron chi connectivity index (χ0n) is 12.4. The third-order valence-electron chi connectivity index (χ3n) is 3.15. The van der Waals surface area contributed by atoms with Crippen LogP contribution in [-0.2, 0) is 22.6 Å². The van der Waals surface area contributed by atoms with Crippen molar-refractivity contribution >= 4 is 18.3 Å². The Bertz CT molecular complexity index is 575. The van der Waals surface area contributed by atoms with E-state index in [0.29, 0.717) is 13.1 Å². The van der Waals surface area contributed by atoms with Crippen LogP contribution in [-0.4, -0.2) is 35.4 Å². The Balaban J connectivity index is 0.00000242. The molecular weight excluding hydrogens is 304 g/mol. The number of aromatic nitrogens is 2. The maximum atomic E-state index is 11.8. The molecule has 0 saturated carbocycles. The van der Waals surface area contributed by atoms with Crippen LogP contribution in [0.15, 0.2) is 42.7 Å². The van der Waals surface area contributed by atoms with Gasteiger partial charge in [-0.3, -0.25) is 9.48 Å². The van der Waals surface area contributed by atoms with Crippen LogP contribution in [0.25, 0.3) is 0 Å². The first kappa shape index (κ1) is 18.2. The van der Waals surface area contributed by atoms with Crippen molar-refractivity contribution in [3.8, 4) is 0 Å². The van der Waals surface area contributed by atoms with Gasteiger partial charge >= 0.3 is 0 Å². The molecule has 1 aromatic heterocycles. The number of carbonyl (C=O) groups excluding carboxylic acids is 1. The number of nitrogens with zero attached hydrogens (tertiary/aromatic N) is 2. The first-order valence-electron chi connectivity index (χ1n) is 6.77. The van der Waals surface area contributed by atoms with E-state index in [-0.39, 0.29) is 24.9 Å². The highest BCUT2D eigenvalue weighted by atomic mass is 35.5. The van der Waals surface area contributed by atoms with Gasteiger partial charge in [0.05, 0.1) is 13.2 Å². The molecule has 1 atom stereocenters. The molecule has 2 rings (SSSR count). The third kappa shape index (κ3) is 5.14. The molecule has 1 heterocycles. The van der Waals surface area contributed by atoms with E-state index in [1.165, 1.54) is 7.11 Å². The van der Waals surface area contributed by atoms with Gasteiger partial charge in [-0.25, -0.2) is 0 Å². The minimum absolute atomic E-state index is 0. The number of ether oxygens (including phenoxy) is 1. The number of methoxy groups -OCH3 is 1. The molecular formula is C15H21ClN4O2. The number of halogens is 1. The normalized spacial score (nSPS) is 11.5. The Kier molecular flexibility index (Phi) is 7.59. The van der Waals surface area contributed by atoms with Gasteiger partial charge < -0.3 is 15.8 Å². The SMILES string of the molecule is COCC(N)C(=O)NCc1ccccc1Cn1cccn1.Cl. The van der Waals surface area contributed by atoms with E-state index in [0.717, 1.165) is 11.1 Å². The van der Waals surface area contributed by atoms with Gasteiger partial charge in [0.25, 0.3) is 0 Å². The maximum absolute atomic E-state index is 11.8. The number of hydrogen-bond acceptors (Lipinski definition) is 4. The van der Waals surface area contributed by atoms with E-state index >= 15 is 0 Å². The van der Waals surface area contributed by atoms with Gasteiger partial charge in [-0.15, -0.1) is 12.4 Å². The van der Waals surface area contributed by atoms with Crippen LogP contribution in [0.1, 0.15) is 11.1 Å². The van der Waals surface area contributed by atoms with Crippen molar-refractivity contribution in [2.45, 2.75) is 19.1 Å². The molecule has 120 valence electrons. The summed E-state index contributed by atoms with van der Waals surface area (Å²) in [6, 6.07) is 9.17. The maximum Gasteiger partial charge on any atom is 0.239 e. The summed E-state index contributed by atoms with van der Waals surface area (Å²) in [5.74, 6) is -0.217. The summed E-state index contributed by atoms with van der Waals surface area (Å²) >= 11 is 0. The lowest BCUT2D eigenvalue weighted by Crippen LogP contribution is -2.43. The van der Waals surface area contributed by atoms with Crippen LogP contribution in [0, 0.1) is 0 Å². The zero-order chi connectivity index (χ0) is 15.1. The smallest absolute Gasteiger partial charge is 0.239 e. The summed E-state index contributed by atoms with van der Waals surface area (Å²) in [7, 11) is 1.52. The van der Waals surface area contributed by atoms with E-state index in [1.807, 2.05) is 41.2 Å². The van der Waals surface area contributed by atoms with E-state index in [1.54, 1.807) is 6.20 Å². The lowest BCUT2D eigenvalue weighted by Gasteiger charge is -2.13. The van der Waals surface area contributed by atoms with Gasteiger partial charge in [0, 0.05) is 26.0 Å². The van der Waals surface area contributed by atoms with E-state index in [2.05, 4.69) is 10.4 Å². The first-order valence-corrected chi connectivity index (χ1v) is 6.77. The Morgan fingerprint density at radius 1 is 1.36 bits per heavy atom. The molecule has 0 saturated heterocycles. The van der Waals surface area contributed by atoms with Crippen LogP contribution < -0.4 is 11.1 Å². The number of rotatable bonds is 7. The number of benzene rings is 1. The molecule has 1 aromatic carbocycles. The Hall–Kier alpha value is -1.89. The molecule has 22 heavy (non-hydrogen) atoms. The lowest BCUT2D eigenvalue weighted by molar-refractivity contribution is -0.123. The zero-order valence-corrected chi connectivity index (χ0v) is 13.3. The van der Waals surface area contributed by atoms with Gasteiger partial charge in [-0.2, -0.15) is 5.10 Å². The first-order chi connectivity index (χ1) is 10.2. The van der Waals surface area contributed by atoms with Crippen LogP contribution >= 0.6 is 12.4 Å². The summed E-state index contributed by atoms with van der Waals surface area (Å²) in [5, 5.41) is 7.02. The molecule has 0 aliphatic rings. The van der Waals surface area contributed by atoms with E-state index < -0.39 is 6.04 Å². The largest absolute Gasteiger partial charge is 0.383 e. The molecule has 7 heteroatoms. The predicted molar refractivity (Wildman–Crippen MR) is 86.7 cm³/mol. The quantitative estimate of drug-likeness (QED) is 0.794. The van der Waals surface area contributed by atoms with Crippen molar-refractivity contribution in [2.24, 2.45) is 5.73 Å². The Labute approximate surface area is 136 Å². The molecule has 0 bridgehead atoms. The van der Waals surface area contributed by atoms with Gasteiger partial charge in [0.15, 0.2) is 0 Å². The molecule has 0 radical (unpaired) electrons. The van der Waals surface area contributed by atoms with E-state index in [4.69, 9.17) is 10.5 Å². The average molecular weight is 325 g/mol. The second-order valence-electron chi connectivity index (χ2n) is 4.75. The van der Waals surface area contributed by atoms with Gasteiger partial charge in [0.2, 0.25) is 5.91 Å². The summed E-state index contributed by atoms with van der Waals surface area (Å²) in [6.07, 6.45) is 3.65. The molecule has 3 N–H and O–H groups in total. The summed E-state index contributed by atoms with van der Waals surface area (Å²) in [6.45, 7) is 1.32. The topological polar surface area (TPSA) is 82.2 Å². The van der Waals surface area contributed by atoms with Crippen molar-refractivity contribution in [1.29, 1.82) is 0 Å². The summed E-state index contributed by atoms with van der Waals surface area (Å²) < 4.78 is 6.72. The van der Waals surface area contributed by atoms with Crippen molar-refractivity contribution in [2.75, 3.05) is 13.7 Å². The molecule has 0 aliphatic carbocycles. The van der Waals surface area contributed by atoms with Crippen LogP contribution in [0.3, 0.4) is 0 Å². The van der Waals surface area contributed by atoms with Crippen LogP contribution in [0.5, 0.6) is 0 Å². The lowest BCUT2D eigenvalue weighted by atomic mass is 10.1. The van der Waals surface area contributed by atoms with Crippen LogP contribution in [0.2, 0.25) is 0 Å². The molecule has 1 unspecified atom stereocenters. The Morgan fingerprint density at radius 2 is 2.09 bits per heavy atom.